The number of anilines is 1. The summed E-state index contributed by atoms with van der Waals surface area (Å²) in [5.74, 6) is 3.55. The molecule has 0 fully saturated rings. The molecule has 0 bridgehead atoms. The van der Waals surface area contributed by atoms with Crippen molar-refractivity contribution < 1.29 is 18.9 Å². The Morgan fingerprint density at radius 1 is 0.884 bits per heavy atom. The smallest absolute Gasteiger partial charge is 0.231 e. The van der Waals surface area contributed by atoms with Crippen molar-refractivity contribution in [3.8, 4) is 34.1 Å². The van der Waals surface area contributed by atoms with Gasteiger partial charge in [-0.1, -0.05) is 30.3 Å². The van der Waals surface area contributed by atoms with Crippen molar-refractivity contribution in [3.63, 3.8) is 0 Å². The zero-order valence-corrected chi connectivity index (χ0v) is 25.1. The van der Waals surface area contributed by atoms with Crippen molar-refractivity contribution >= 4 is 16.9 Å². The quantitative estimate of drug-likeness (QED) is 0.231. The molecular weight excluding hydrogens is 542 g/mol. The third kappa shape index (κ3) is 4.51. The molecule has 0 aliphatic carbocycles. The summed E-state index contributed by atoms with van der Waals surface area (Å²) in [6.45, 7) is 3.25. The summed E-state index contributed by atoms with van der Waals surface area (Å²) >= 11 is 0. The van der Waals surface area contributed by atoms with E-state index in [0.29, 0.717) is 17.4 Å². The molecule has 5 aromatic rings. The van der Waals surface area contributed by atoms with Crippen molar-refractivity contribution in [3.05, 3.63) is 89.9 Å². The van der Waals surface area contributed by atoms with Crippen molar-refractivity contribution in [1.82, 2.24) is 19.4 Å². The predicted molar refractivity (Wildman–Crippen MR) is 166 cm³/mol. The summed E-state index contributed by atoms with van der Waals surface area (Å²) < 4.78 is 24.9. The van der Waals surface area contributed by atoms with E-state index in [4.69, 9.17) is 28.9 Å². The Morgan fingerprint density at radius 3 is 2.42 bits per heavy atom. The number of para-hydroxylation sites is 1. The van der Waals surface area contributed by atoms with Crippen LogP contribution in [-0.4, -0.2) is 61.1 Å². The highest BCUT2D eigenvalue weighted by molar-refractivity contribution is 5.87. The van der Waals surface area contributed by atoms with Gasteiger partial charge >= 0.3 is 0 Å². The lowest BCUT2D eigenvalue weighted by atomic mass is 9.92. The SMILES string of the molecule is COc1ccc(-c2cnc(N3CCc4c(n(C(C)N(C)C)c5ccccc45)C3c3ccc4c(c3)OCO4)nc2)cc1OC. The van der Waals surface area contributed by atoms with E-state index < -0.39 is 0 Å². The number of hydrogen-bond acceptors (Lipinski definition) is 8. The average molecular weight is 578 g/mol. The Labute approximate surface area is 251 Å². The molecule has 2 aromatic heterocycles. The molecule has 0 saturated heterocycles. The van der Waals surface area contributed by atoms with E-state index in [-0.39, 0.29) is 19.0 Å². The molecule has 0 radical (unpaired) electrons. The van der Waals surface area contributed by atoms with Crippen LogP contribution < -0.4 is 23.8 Å². The molecule has 220 valence electrons. The Kier molecular flexibility index (Phi) is 6.82. The molecule has 43 heavy (non-hydrogen) atoms. The third-order valence-electron chi connectivity index (χ3n) is 8.68. The van der Waals surface area contributed by atoms with Gasteiger partial charge in [-0.3, -0.25) is 4.90 Å². The van der Waals surface area contributed by atoms with Crippen LogP contribution in [0.1, 0.15) is 36.0 Å². The van der Waals surface area contributed by atoms with Crippen LogP contribution in [-0.2, 0) is 6.42 Å². The number of hydrogen-bond donors (Lipinski definition) is 0. The summed E-state index contributed by atoms with van der Waals surface area (Å²) in [6, 6.07) is 20.7. The van der Waals surface area contributed by atoms with E-state index in [1.807, 2.05) is 36.7 Å². The van der Waals surface area contributed by atoms with Gasteiger partial charge in [0.1, 0.15) is 0 Å². The predicted octanol–water partition coefficient (Wildman–Crippen LogP) is 6.08. The minimum absolute atomic E-state index is 0.124. The number of nitrogens with zero attached hydrogens (tertiary/aromatic N) is 5. The summed E-state index contributed by atoms with van der Waals surface area (Å²) in [5, 5.41) is 1.29. The number of methoxy groups -OCH3 is 2. The molecule has 0 saturated carbocycles. The van der Waals surface area contributed by atoms with Gasteiger partial charge < -0.3 is 28.4 Å². The van der Waals surface area contributed by atoms with Crippen LogP contribution in [0.25, 0.3) is 22.0 Å². The molecule has 0 N–H and O–H groups in total. The zero-order valence-electron chi connectivity index (χ0n) is 25.1. The molecule has 0 spiro atoms. The summed E-state index contributed by atoms with van der Waals surface area (Å²) in [7, 11) is 7.52. The standard InChI is InChI=1S/C34H35N5O4/c1-21(37(2)3)39-27-9-7-6-8-25(27)26-14-15-38(32(33(26)39)23-11-13-29-31(17-23)43-20-42-29)34-35-18-24(19-36-34)22-10-12-28(40-4)30(16-22)41-5/h6-13,16-19,21,32H,14-15,20H2,1-5H3. The second kappa shape index (κ2) is 10.8. The van der Waals surface area contributed by atoms with E-state index in [2.05, 4.69) is 71.8 Å². The topological polar surface area (TPSA) is 74.1 Å². The van der Waals surface area contributed by atoms with Gasteiger partial charge in [-0.2, -0.15) is 0 Å². The number of rotatable bonds is 7. The summed E-state index contributed by atoms with van der Waals surface area (Å²) in [4.78, 5) is 14.4. The lowest BCUT2D eigenvalue weighted by Crippen LogP contribution is -2.39. The van der Waals surface area contributed by atoms with Crippen LogP contribution in [0.4, 0.5) is 5.95 Å². The monoisotopic (exact) mass is 577 g/mol. The Hall–Kier alpha value is -4.76. The molecule has 2 unspecified atom stereocenters. The Bertz CT molecular complexity index is 1800. The first-order valence-corrected chi connectivity index (χ1v) is 14.5. The molecule has 0 amide bonds. The van der Waals surface area contributed by atoms with Crippen molar-refractivity contribution in [2.24, 2.45) is 0 Å². The first-order chi connectivity index (χ1) is 21.0. The fourth-order valence-corrected chi connectivity index (χ4v) is 6.32. The lowest BCUT2D eigenvalue weighted by molar-refractivity contribution is 0.174. The molecule has 7 rings (SSSR count). The van der Waals surface area contributed by atoms with E-state index >= 15 is 0 Å². The van der Waals surface area contributed by atoms with E-state index in [1.165, 1.54) is 22.2 Å². The maximum atomic E-state index is 5.83. The van der Waals surface area contributed by atoms with Gasteiger partial charge in [0.2, 0.25) is 12.7 Å². The second-order valence-corrected chi connectivity index (χ2v) is 11.1. The zero-order chi connectivity index (χ0) is 29.7. The minimum Gasteiger partial charge on any atom is -0.493 e. The van der Waals surface area contributed by atoms with Gasteiger partial charge in [0.15, 0.2) is 23.0 Å². The fourth-order valence-electron chi connectivity index (χ4n) is 6.32. The van der Waals surface area contributed by atoms with Crippen LogP contribution in [0, 0.1) is 0 Å². The summed E-state index contributed by atoms with van der Waals surface area (Å²) in [6.07, 6.45) is 4.77. The lowest BCUT2D eigenvalue weighted by Gasteiger charge is -2.39. The molecule has 9 nitrogen and oxygen atoms in total. The molecule has 4 heterocycles. The van der Waals surface area contributed by atoms with E-state index in [0.717, 1.165) is 41.2 Å². The molecule has 2 atom stereocenters. The number of fused-ring (bicyclic) bond motifs is 4. The number of aromatic nitrogens is 3. The Morgan fingerprint density at radius 2 is 1.65 bits per heavy atom. The van der Waals surface area contributed by atoms with Crippen LogP contribution in [0.3, 0.4) is 0 Å². The van der Waals surface area contributed by atoms with Gasteiger partial charge in [-0.05, 0) is 74.5 Å². The third-order valence-corrected chi connectivity index (χ3v) is 8.68. The first kappa shape index (κ1) is 27.1. The minimum atomic E-state index is -0.139. The van der Waals surface area contributed by atoms with Crippen LogP contribution >= 0.6 is 0 Å². The highest BCUT2D eigenvalue weighted by Gasteiger charge is 2.37. The van der Waals surface area contributed by atoms with E-state index in [9.17, 15) is 0 Å². The maximum absolute atomic E-state index is 5.83. The van der Waals surface area contributed by atoms with Crippen LogP contribution in [0.5, 0.6) is 23.0 Å². The van der Waals surface area contributed by atoms with Crippen LogP contribution in [0.2, 0.25) is 0 Å². The van der Waals surface area contributed by atoms with Gasteiger partial charge in [-0.25, -0.2) is 9.97 Å². The van der Waals surface area contributed by atoms with Gasteiger partial charge in [-0.15, -0.1) is 0 Å². The molecule has 9 heteroatoms. The maximum Gasteiger partial charge on any atom is 0.231 e. The highest BCUT2D eigenvalue weighted by atomic mass is 16.7. The number of benzene rings is 3. The van der Waals surface area contributed by atoms with Crippen molar-refractivity contribution in [2.75, 3.05) is 46.6 Å². The van der Waals surface area contributed by atoms with Crippen molar-refractivity contribution in [1.29, 1.82) is 0 Å². The second-order valence-electron chi connectivity index (χ2n) is 11.1. The van der Waals surface area contributed by atoms with E-state index in [1.54, 1.807) is 14.2 Å². The van der Waals surface area contributed by atoms with Gasteiger partial charge in [0.05, 0.1) is 32.1 Å². The molecule has 2 aliphatic rings. The average Bonchev–Trinajstić information content (AvgIpc) is 3.66. The number of ether oxygens (including phenoxy) is 4. The molecule has 2 aliphatic heterocycles. The van der Waals surface area contributed by atoms with Crippen molar-refractivity contribution in [2.45, 2.75) is 25.6 Å². The highest BCUT2D eigenvalue weighted by Crippen LogP contribution is 2.45. The largest absolute Gasteiger partial charge is 0.493 e. The van der Waals surface area contributed by atoms with Gasteiger partial charge in [0, 0.05) is 35.4 Å². The Balaban J connectivity index is 1.37. The molecular formula is C34H35N5O4. The summed E-state index contributed by atoms with van der Waals surface area (Å²) in [5.41, 5.74) is 6.80. The first-order valence-electron chi connectivity index (χ1n) is 14.5. The van der Waals surface area contributed by atoms with Gasteiger partial charge in [0.25, 0.3) is 0 Å². The normalized spacial score (nSPS) is 16.4. The van der Waals surface area contributed by atoms with Crippen LogP contribution in [0.15, 0.2) is 73.1 Å². The molecule has 3 aromatic carbocycles. The fraction of sp³-hybridized carbons (Fsp3) is 0.294.